The lowest BCUT2D eigenvalue weighted by molar-refractivity contribution is -0.142. The van der Waals surface area contributed by atoms with E-state index in [4.69, 9.17) is 5.11 Å². The molecule has 114 valence electrons. The summed E-state index contributed by atoms with van der Waals surface area (Å²) in [5, 5.41) is 9.16. The first kappa shape index (κ1) is 15.1. The summed E-state index contributed by atoms with van der Waals surface area (Å²) in [5.74, 6) is -0.931. The zero-order valence-electron chi connectivity index (χ0n) is 12.4. The van der Waals surface area contributed by atoms with Gasteiger partial charge in [0, 0.05) is 32.7 Å². The van der Waals surface area contributed by atoms with Gasteiger partial charge in [-0.05, 0) is 25.8 Å². The van der Waals surface area contributed by atoms with E-state index in [0.717, 1.165) is 26.1 Å². The minimum atomic E-state index is -0.931. The molecule has 1 N–H and O–H groups in total. The van der Waals surface area contributed by atoms with E-state index in [1.807, 2.05) is 4.90 Å². The van der Waals surface area contributed by atoms with Crippen LogP contribution in [0.5, 0.6) is 0 Å². The summed E-state index contributed by atoms with van der Waals surface area (Å²) in [7, 11) is 1.60. The maximum Gasteiger partial charge on any atom is 0.326 e. The monoisotopic (exact) mass is 283 g/mol. The first-order chi connectivity index (χ1) is 9.54. The molecule has 2 aliphatic heterocycles. The molecular weight excluding hydrogens is 258 g/mol. The Kier molecular flexibility index (Phi) is 4.86. The Morgan fingerprint density at radius 2 is 2.05 bits per heavy atom. The minimum absolute atomic E-state index is 0.149. The maximum absolute atomic E-state index is 12.4. The molecule has 0 saturated carbocycles. The fraction of sp³-hybridized carbons (Fsp3) is 0.857. The summed E-state index contributed by atoms with van der Waals surface area (Å²) in [6.07, 6.45) is 4.05. The molecule has 6 nitrogen and oxygen atoms in total. The first-order valence-corrected chi connectivity index (χ1v) is 7.53. The van der Waals surface area contributed by atoms with E-state index in [0.29, 0.717) is 19.0 Å². The zero-order valence-corrected chi connectivity index (χ0v) is 12.4. The summed E-state index contributed by atoms with van der Waals surface area (Å²) >= 11 is 0. The Morgan fingerprint density at radius 1 is 1.30 bits per heavy atom. The van der Waals surface area contributed by atoms with E-state index < -0.39 is 12.0 Å². The second-order valence-corrected chi connectivity index (χ2v) is 5.79. The Balaban J connectivity index is 1.97. The number of fused-ring (bicyclic) bond motifs is 1. The van der Waals surface area contributed by atoms with E-state index in [1.165, 1.54) is 17.7 Å². The molecule has 2 fully saturated rings. The van der Waals surface area contributed by atoms with Gasteiger partial charge in [0.1, 0.15) is 6.04 Å². The number of rotatable bonds is 3. The topological polar surface area (TPSA) is 64.1 Å². The zero-order chi connectivity index (χ0) is 14.7. The van der Waals surface area contributed by atoms with Crippen LogP contribution in [0.4, 0.5) is 4.79 Å². The number of amides is 2. The largest absolute Gasteiger partial charge is 0.480 e. The SMILES string of the molecule is CCC(C(=O)O)N(C)C(=O)N1CCN2CCCCC2C1. The average Bonchev–Trinajstić information content (AvgIpc) is 2.46. The van der Waals surface area contributed by atoms with Crippen molar-refractivity contribution >= 4 is 12.0 Å². The smallest absolute Gasteiger partial charge is 0.326 e. The van der Waals surface area contributed by atoms with Crippen molar-refractivity contribution in [3.05, 3.63) is 0 Å². The fourth-order valence-electron chi connectivity index (χ4n) is 3.30. The molecule has 2 rings (SSSR count). The molecule has 2 aliphatic rings. The van der Waals surface area contributed by atoms with Crippen molar-refractivity contribution in [1.82, 2.24) is 14.7 Å². The van der Waals surface area contributed by atoms with Crippen LogP contribution < -0.4 is 0 Å². The van der Waals surface area contributed by atoms with E-state index in [1.54, 1.807) is 14.0 Å². The molecule has 0 radical (unpaired) electrons. The van der Waals surface area contributed by atoms with Gasteiger partial charge in [-0.15, -0.1) is 0 Å². The van der Waals surface area contributed by atoms with Gasteiger partial charge in [-0.2, -0.15) is 0 Å². The number of nitrogens with zero attached hydrogens (tertiary/aromatic N) is 3. The number of carbonyl (C=O) groups excluding carboxylic acids is 1. The van der Waals surface area contributed by atoms with Crippen LogP contribution >= 0.6 is 0 Å². The third-order valence-electron chi connectivity index (χ3n) is 4.55. The quantitative estimate of drug-likeness (QED) is 0.841. The molecule has 2 atom stereocenters. The fourth-order valence-corrected chi connectivity index (χ4v) is 3.30. The highest BCUT2D eigenvalue weighted by Crippen LogP contribution is 2.22. The molecule has 0 aromatic carbocycles. The highest BCUT2D eigenvalue weighted by atomic mass is 16.4. The van der Waals surface area contributed by atoms with Crippen molar-refractivity contribution in [3.8, 4) is 0 Å². The van der Waals surface area contributed by atoms with Crippen LogP contribution in [0.1, 0.15) is 32.6 Å². The predicted molar refractivity (Wildman–Crippen MR) is 75.7 cm³/mol. The number of carbonyl (C=O) groups is 2. The summed E-state index contributed by atoms with van der Waals surface area (Å²) < 4.78 is 0. The third kappa shape index (κ3) is 3.06. The van der Waals surface area contributed by atoms with E-state index in [2.05, 4.69) is 4.90 Å². The molecule has 2 unspecified atom stereocenters. The van der Waals surface area contributed by atoms with Gasteiger partial charge < -0.3 is 14.9 Å². The van der Waals surface area contributed by atoms with Gasteiger partial charge in [0.2, 0.25) is 0 Å². The third-order valence-corrected chi connectivity index (χ3v) is 4.55. The number of likely N-dealkylation sites (N-methyl/N-ethyl adjacent to an activating group) is 1. The van der Waals surface area contributed by atoms with Gasteiger partial charge in [-0.1, -0.05) is 13.3 Å². The lowest BCUT2D eigenvalue weighted by Crippen LogP contribution is -2.59. The van der Waals surface area contributed by atoms with Crippen molar-refractivity contribution in [3.63, 3.8) is 0 Å². The molecule has 2 heterocycles. The number of carboxylic acid groups (broad SMARTS) is 1. The second kappa shape index (κ2) is 6.43. The predicted octanol–water partition coefficient (Wildman–Crippen LogP) is 1.07. The average molecular weight is 283 g/mol. The Bertz CT molecular complexity index is 375. The van der Waals surface area contributed by atoms with E-state index >= 15 is 0 Å². The minimum Gasteiger partial charge on any atom is -0.480 e. The number of urea groups is 1. The number of carboxylic acids is 1. The summed E-state index contributed by atoms with van der Waals surface area (Å²) in [6, 6.07) is -0.420. The van der Waals surface area contributed by atoms with Gasteiger partial charge >= 0.3 is 12.0 Å². The summed E-state index contributed by atoms with van der Waals surface area (Å²) in [6.45, 7) is 5.28. The molecule has 2 saturated heterocycles. The standard InChI is InChI=1S/C14H25N3O3/c1-3-12(13(18)19)15(2)14(20)17-9-8-16-7-5-4-6-11(16)10-17/h11-12H,3-10H2,1-2H3,(H,18,19). The van der Waals surface area contributed by atoms with Crippen LogP contribution in [-0.2, 0) is 4.79 Å². The number of hydrogen-bond acceptors (Lipinski definition) is 3. The molecule has 0 aromatic heterocycles. The molecule has 2 amide bonds. The molecule has 0 aliphatic carbocycles. The van der Waals surface area contributed by atoms with Crippen molar-refractivity contribution in [2.24, 2.45) is 0 Å². The molecular formula is C14H25N3O3. The number of hydrogen-bond donors (Lipinski definition) is 1. The number of aliphatic carboxylic acids is 1. The lowest BCUT2D eigenvalue weighted by Gasteiger charge is -2.45. The van der Waals surface area contributed by atoms with Gasteiger partial charge in [-0.25, -0.2) is 9.59 Å². The van der Waals surface area contributed by atoms with Gasteiger partial charge in [0.05, 0.1) is 0 Å². The van der Waals surface area contributed by atoms with Crippen LogP contribution in [0.25, 0.3) is 0 Å². The van der Waals surface area contributed by atoms with Crippen molar-refractivity contribution in [2.75, 3.05) is 33.2 Å². The maximum atomic E-state index is 12.4. The van der Waals surface area contributed by atoms with Crippen LogP contribution in [0, 0.1) is 0 Å². The second-order valence-electron chi connectivity index (χ2n) is 5.79. The van der Waals surface area contributed by atoms with E-state index in [-0.39, 0.29) is 6.03 Å². The summed E-state index contributed by atoms with van der Waals surface area (Å²) in [5.41, 5.74) is 0. The van der Waals surface area contributed by atoms with E-state index in [9.17, 15) is 9.59 Å². The van der Waals surface area contributed by atoms with Crippen LogP contribution in [0.3, 0.4) is 0 Å². The highest BCUT2D eigenvalue weighted by molar-refractivity contribution is 5.82. The van der Waals surface area contributed by atoms with Crippen molar-refractivity contribution in [1.29, 1.82) is 0 Å². The van der Waals surface area contributed by atoms with Gasteiger partial charge in [0.15, 0.2) is 0 Å². The molecule has 20 heavy (non-hydrogen) atoms. The first-order valence-electron chi connectivity index (χ1n) is 7.53. The summed E-state index contributed by atoms with van der Waals surface area (Å²) in [4.78, 5) is 29.3. The van der Waals surface area contributed by atoms with Crippen LogP contribution in [0.15, 0.2) is 0 Å². The van der Waals surface area contributed by atoms with Gasteiger partial charge in [0.25, 0.3) is 0 Å². The van der Waals surface area contributed by atoms with Crippen LogP contribution in [-0.4, -0.2) is 77.1 Å². The molecule has 0 bridgehead atoms. The van der Waals surface area contributed by atoms with Crippen molar-refractivity contribution < 1.29 is 14.7 Å². The van der Waals surface area contributed by atoms with Gasteiger partial charge in [-0.3, -0.25) is 4.90 Å². The molecule has 0 spiro atoms. The number of piperazine rings is 1. The Hall–Kier alpha value is -1.30. The lowest BCUT2D eigenvalue weighted by atomic mass is 10.00. The number of piperidine rings is 1. The van der Waals surface area contributed by atoms with Crippen molar-refractivity contribution in [2.45, 2.75) is 44.7 Å². The Labute approximate surface area is 120 Å². The highest BCUT2D eigenvalue weighted by Gasteiger charge is 2.34. The normalized spacial score (nSPS) is 24.9. The van der Waals surface area contributed by atoms with Crippen LogP contribution in [0.2, 0.25) is 0 Å². The molecule has 6 heteroatoms. The Morgan fingerprint density at radius 3 is 2.70 bits per heavy atom. The molecule has 0 aromatic rings.